The van der Waals surface area contributed by atoms with Crippen LogP contribution in [0.5, 0.6) is 0 Å². The minimum Gasteiger partial charge on any atom is -0.383 e. The van der Waals surface area contributed by atoms with Crippen molar-refractivity contribution in [1.29, 1.82) is 0 Å². The molecule has 2 unspecified atom stereocenters. The molecule has 1 aliphatic rings. The van der Waals surface area contributed by atoms with Crippen molar-refractivity contribution in [2.24, 2.45) is 5.73 Å². The molecular formula is C13H22N2OS. The van der Waals surface area contributed by atoms with E-state index >= 15 is 0 Å². The topological polar surface area (TPSA) is 38.5 Å². The van der Waals surface area contributed by atoms with Crippen molar-refractivity contribution < 1.29 is 4.74 Å². The Labute approximate surface area is 108 Å². The summed E-state index contributed by atoms with van der Waals surface area (Å²) in [5.41, 5.74) is 7.54. The summed E-state index contributed by atoms with van der Waals surface area (Å²) < 4.78 is 5.22. The molecule has 17 heavy (non-hydrogen) atoms. The van der Waals surface area contributed by atoms with Crippen LogP contribution in [0.3, 0.4) is 0 Å². The molecule has 4 heteroatoms. The van der Waals surface area contributed by atoms with E-state index in [1.807, 2.05) is 0 Å². The number of ether oxygens (including phenoxy) is 1. The largest absolute Gasteiger partial charge is 0.383 e. The number of nitrogens with zero attached hydrogens (tertiary/aromatic N) is 1. The number of methoxy groups -OCH3 is 1. The van der Waals surface area contributed by atoms with Gasteiger partial charge in [0.05, 0.1) is 12.6 Å². The summed E-state index contributed by atoms with van der Waals surface area (Å²) in [6.45, 7) is 3.86. The van der Waals surface area contributed by atoms with E-state index in [0.717, 1.165) is 13.2 Å². The van der Waals surface area contributed by atoms with Crippen molar-refractivity contribution in [1.82, 2.24) is 4.90 Å². The van der Waals surface area contributed by atoms with Crippen molar-refractivity contribution in [3.05, 3.63) is 22.4 Å². The third kappa shape index (κ3) is 3.28. The number of nitrogens with two attached hydrogens (primary N) is 1. The first-order valence-corrected chi connectivity index (χ1v) is 7.20. The smallest absolute Gasteiger partial charge is 0.0590 e. The molecule has 2 atom stereocenters. The first-order valence-electron chi connectivity index (χ1n) is 6.26. The Hall–Kier alpha value is -0.420. The SMILES string of the molecule is COCCN(C1CC1)C(c1ccsc1)C(C)N. The fourth-order valence-electron chi connectivity index (χ4n) is 2.39. The molecule has 1 aromatic rings. The van der Waals surface area contributed by atoms with Gasteiger partial charge in [0.1, 0.15) is 0 Å². The van der Waals surface area contributed by atoms with Crippen LogP contribution in [0.4, 0.5) is 0 Å². The highest BCUT2D eigenvalue weighted by atomic mass is 32.1. The van der Waals surface area contributed by atoms with Gasteiger partial charge in [-0.15, -0.1) is 0 Å². The highest BCUT2D eigenvalue weighted by molar-refractivity contribution is 7.07. The van der Waals surface area contributed by atoms with E-state index in [0.29, 0.717) is 12.1 Å². The van der Waals surface area contributed by atoms with E-state index in [2.05, 4.69) is 28.7 Å². The predicted octanol–water partition coefficient (Wildman–Crippen LogP) is 2.25. The van der Waals surface area contributed by atoms with Crippen molar-refractivity contribution in [3.8, 4) is 0 Å². The molecule has 1 saturated carbocycles. The van der Waals surface area contributed by atoms with Crippen LogP contribution in [0.1, 0.15) is 31.4 Å². The Kier molecular flexibility index (Phi) is 4.56. The summed E-state index contributed by atoms with van der Waals surface area (Å²) in [6.07, 6.45) is 2.61. The summed E-state index contributed by atoms with van der Waals surface area (Å²) in [5.74, 6) is 0. The zero-order valence-corrected chi connectivity index (χ0v) is 11.5. The number of hydrogen-bond acceptors (Lipinski definition) is 4. The Morgan fingerprint density at radius 2 is 2.35 bits per heavy atom. The highest BCUT2D eigenvalue weighted by Gasteiger charge is 2.35. The molecule has 2 rings (SSSR count). The number of thiophene rings is 1. The third-order valence-corrected chi connectivity index (χ3v) is 4.01. The fraction of sp³-hybridized carbons (Fsp3) is 0.692. The van der Waals surface area contributed by atoms with Crippen LogP contribution in [-0.2, 0) is 4.74 Å². The molecule has 3 nitrogen and oxygen atoms in total. The zero-order chi connectivity index (χ0) is 12.3. The molecule has 2 N–H and O–H groups in total. The Balaban J connectivity index is 2.11. The standard InChI is InChI=1S/C13H22N2OS/c1-10(14)13(11-5-8-17-9-11)15(6-7-16-2)12-3-4-12/h5,8-10,12-13H,3-4,6-7,14H2,1-2H3. The normalized spacial score (nSPS) is 19.5. The summed E-state index contributed by atoms with van der Waals surface area (Å²) in [5, 5.41) is 4.35. The van der Waals surface area contributed by atoms with Gasteiger partial charge in [-0.2, -0.15) is 11.3 Å². The molecule has 0 aromatic carbocycles. The molecule has 0 radical (unpaired) electrons. The van der Waals surface area contributed by atoms with E-state index in [9.17, 15) is 0 Å². The molecule has 0 saturated heterocycles. The lowest BCUT2D eigenvalue weighted by Gasteiger charge is -2.34. The molecule has 0 aliphatic heterocycles. The Morgan fingerprint density at radius 1 is 1.59 bits per heavy atom. The van der Waals surface area contributed by atoms with Crippen molar-refractivity contribution in [2.45, 2.75) is 37.9 Å². The summed E-state index contributed by atoms with van der Waals surface area (Å²) in [4.78, 5) is 2.52. The van der Waals surface area contributed by atoms with Crippen molar-refractivity contribution in [2.75, 3.05) is 20.3 Å². The molecule has 0 bridgehead atoms. The maximum absolute atomic E-state index is 6.19. The van der Waals surface area contributed by atoms with Gasteiger partial charge in [-0.25, -0.2) is 0 Å². The lowest BCUT2D eigenvalue weighted by molar-refractivity contribution is 0.104. The van der Waals surface area contributed by atoms with Gasteiger partial charge in [0.15, 0.2) is 0 Å². The van der Waals surface area contributed by atoms with Crippen molar-refractivity contribution >= 4 is 11.3 Å². The van der Waals surface area contributed by atoms with Crippen LogP contribution in [0.15, 0.2) is 16.8 Å². The average Bonchev–Trinajstić information content (AvgIpc) is 3.00. The van der Waals surface area contributed by atoms with Gasteiger partial charge in [-0.3, -0.25) is 4.90 Å². The quantitative estimate of drug-likeness (QED) is 0.811. The molecule has 0 spiro atoms. The van der Waals surface area contributed by atoms with E-state index in [-0.39, 0.29) is 6.04 Å². The van der Waals surface area contributed by atoms with Crippen LogP contribution in [-0.4, -0.2) is 37.2 Å². The second-order valence-corrected chi connectivity index (χ2v) is 5.60. The molecule has 1 heterocycles. The van der Waals surface area contributed by atoms with E-state index in [1.165, 1.54) is 18.4 Å². The summed E-state index contributed by atoms with van der Waals surface area (Å²) >= 11 is 1.75. The maximum Gasteiger partial charge on any atom is 0.0590 e. The summed E-state index contributed by atoms with van der Waals surface area (Å²) in [7, 11) is 1.76. The monoisotopic (exact) mass is 254 g/mol. The van der Waals surface area contributed by atoms with Crippen LogP contribution < -0.4 is 5.73 Å². The van der Waals surface area contributed by atoms with Gasteiger partial charge in [-0.05, 0) is 42.2 Å². The summed E-state index contributed by atoms with van der Waals surface area (Å²) in [6, 6.07) is 3.40. The van der Waals surface area contributed by atoms with Crippen LogP contribution in [0.2, 0.25) is 0 Å². The molecule has 1 aliphatic carbocycles. The first kappa shape index (κ1) is 13.0. The Bertz CT molecular complexity index is 322. The fourth-order valence-corrected chi connectivity index (χ4v) is 3.08. The minimum atomic E-state index is 0.155. The zero-order valence-electron chi connectivity index (χ0n) is 10.6. The van der Waals surface area contributed by atoms with Crippen molar-refractivity contribution in [3.63, 3.8) is 0 Å². The molecular weight excluding hydrogens is 232 g/mol. The molecule has 0 amide bonds. The lowest BCUT2D eigenvalue weighted by atomic mass is 10.0. The maximum atomic E-state index is 6.19. The average molecular weight is 254 g/mol. The van der Waals surface area contributed by atoms with Gasteiger partial charge < -0.3 is 10.5 Å². The van der Waals surface area contributed by atoms with Crippen LogP contribution in [0, 0.1) is 0 Å². The highest BCUT2D eigenvalue weighted by Crippen LogP contribution is 2.36. The second kappa shape index (κ2) is 5.96. The van der Waals surface area contributed by atoms with Gasteiger partial charge >= 0.3 is 0 Å². The second-order valence-electron chi connectivity index (χ2n) is 4.82. The van der Waals surface area contributed by atoms with Crippen LogP contribution >= 0.6 is 11.3 Å². The predicted molar refractivity (Wildman–Crippen MR) is 72.3 cm³/mol. The molecule has 1 fully saturated rings. The number of hydrogen-bond donors (Lipinski definition) is 1. The van der Waals surface area contributed by atoms with Gasteiger partial charge in [0.25, 0.3) is 0 Å². The Morgan fingerprint density at radius 3 is 2.82 bits per heavy atom. The van der Waals surface area contributed by atoms with Gasteiger partial charge in [0, 0.05) is 25.7 Å². The molecule has 96 valence electrons. The van der Waals surface area contributed by atoms with Crippen LogP contribution in [0.25, 0.3) is 0 Å². The van der Waals surface area contributed by atoms with E-state index in [4.69, 9.17) is 10.5 Å². The van der Waals surface area contributed by atoms with E-state index in [1.54, 1.807) is 18.4 Å². The van der Waals surface area contributed by atoms with E-state index < -0.39 is 0 Å². The van der Waals surface area contributed by atoms with Gasteiger partial charge in [0.2, 0.25) is 0 Å². The first-order chi connectivity index (χ1) is 8.24. The van der Waals surface area contributed by atoms with Gasteiger partial charge in [-0.1, -0.05) is 0 Å². The minimum absolute atomic E-state index is 0.155. The lowest BCUT2D eigenvalue weighted by Crippen LogP contribution is -2.42. The number of rotatable bonds is 7. The molecule has 1 aromatic heterocycles. The third-order valence-electron chi connectivity index (χ3n) is 3.31.